The Labute approximate surface area is 169 Å². The first-order valence-corrected chi connectivity index (χ1v) is 9.08. The van der Waals surface area contributed by atoms with Crippen molar-refractivity contribution in [2.24, 2.45) is 0 Å². The van der Waals surface area contributed by atoms with E-state index in [9.17, 15) is 14.4 Å². The highest BCUT2D eigenvalue weighted by molar-refractivity contribution is 6.16. The normalized spacial score (nSPS) is 16.2. The molecule has 2 aromatic carbocycles. The lowest BCUT2D eigenvalue weighted by atomic mass is 10.2. The van der Waals surface area contributed by atoms with Gasteiger partial charge >= 0.3 is 6.03 Å². The topological polar surface area (TPSA) is 88.2 Å². The summed E-state index contributed by atoms with van der Waals surface area (Å²) in [6, 6.07) is 11.0. The largest absolute Gasteiger partial charge is 0.493 e. The van der Waals surface area contributed by atoms with Crippen molar-refractivity contribution in [3.05, 3.63) is 48.0 Å². The van der Waals surface area contributed by atoms with Gasteiger partial charge in [-0.3, -0.25) is 19.4 Å². The maximum atomic E-state index is 12.8. The van der Waals surface area contributed by atoms with Gasteiger partial charge in [0.25, 0.3) is 5.91 Å². The number of aryl methyl sites for hydroxylation is 1. The number of carbonyl (C=O) groups is 3. The zero-order valence-electron chi connectivity index (χ0n) is 16.8. The Hall–Kier alpha value is -3.55. The van der Waals surface area contributed by atoms with Crippen molar-refractivity contribution in [2.75, 3.05) is 31.0 Å². The van der Waals surface area contributed by atoms with Crippen LogP contribution >= 0.6 is 0 Å². The van der Waals surface area contributed by atoms with Crippen molar-refractivity contribution in [1.29, 1.82) is 0 Å². The van der Waals surface area contributed by atoms with Crippen LogP contribution in [-0.4, -0.2) is 49.6 Å². The van der Waals surface area contributed by atoms with Crippen LogP contribution in [0.3, 0.4) is 0 Å². The van der Waals surface area contributed by atoms with Gasteiger partial charge in [-0.25, -0.2) is 4.79 Å². The minimum Gasteiger partial charge on any atom is -0.493 e. The molecule has 0 radical (unpaired) electrons. The molecule has 0 aliphatic carbocycles. The number of anilines is 2. The molecule has 1 unspecified atom stereocenters. The summed E-state index contributed by atoms with van der Waals surface area (Å²) < 4.78 is 10.4. The van der Waals surface area contributed by atoms with E-state index in [1.165, 1.54) is 19.1 Å². The lowest BCUT2D eigenvalue weighted by Gasteiger charge is -2.19. The summed E-state index contributed by atoms with van der Waals surface area (Å²) >= 11 is 0. The van der Waals surface area contributed by atoms with E-state index in [0.29, 0.717) is 22.9 Å². The Morgan fingerprint density at radius 3 is 2.31 bits per heavy atom. The highest BCUT2D eigenvalue weighted by Crippen LogP contribution is 2.30. The third kappa shape index (κ3) is 4.01. The molecule has 1 fully saturated rings. The second-order valence-electron chi connectivity index (χ2n) is 6.71. The fourth-order valence-electron chi connectivity index (χ4n) is 3.17. The molecule has 0 bridgehead atoms. The van der Waals surface area contributed by atoms with Gasteiger partial charge in [-0.1, -0.05) is 17.7 Å². The van der Waals surface area contributed by atoms with E-state index in [0.717, 1.165) is 10.5 Å². The average molecular weight is 397 g/mol. The number of amides is 4. The van der Waals surface area contributed by atoms with Gasteiger partial charge in [0.05, 0.1) is 14.2 Å². The number of nitrogens with one attached hydrogen (secondary N) is 1. The molecule has 1 heterocycles. The van der Waals surface area contributed by atoms with Crippen molar-refractivity contribution < 1.29 is 23.9 Å². The summed E-state index contributed by atoms with van der Waals surface area (Å²) in [4.78, 5) is 40.2. The Kier molecular flexibility index (Phi) is 5.72. The molecule has 0 saturated carbocycles. The number of carbonyl (C=O) groups excluding carboxylic acids is 3. The Bertz CT molecular complexity index is 942. The first-order chi connectivity index (χ1) is 13.8. The lowest BCUT2D eigenvalue weighted by Crippen LogP contribution is -2.39. The van der Waals surface area contributed by atoms with E-state index in [1.54, 1.807) is 37.3 Å². The molecule has 2 aromatic rings. The minimum atomic E-state index is -0.681. The van der Waals surface area contributed by atoms with Crippen LogP contribution in [0.15, 0.2) is 42.5 Å². The minimum absolute atomic E-state index is 0.376. The summed E-state index contributed by atoms with van der Waals surface area (Å²) in [6.07, 6.45) is 0. The number of methoxy groups -OCH3 is 2. The zero-order valence-corrected chi connectivity index (χ0v) is 16.8. The van der Waals surface area contributed by atoms with Crippen molar-refractivity contribution in [1.82, 2.24) is 4.90 Å². The molecule has 8 nitrogen and oxygen atoms in total. The van der Waals surface area contributed by atoms with Crippen LogP contribution in [0.4, 0.5) is 16.2 Å². The van der Waals surface area contributed by atoms with Crippen molar-refractivity contribution in [3.63, 3.8) is 0 Å². The molecule has 0 aromatic heterocycles. The molecule has 152 valence electrons. The molecule has 3 rings (SSSR count). The quantitative estimate of drug-likeness (QED) is 0.758. The zero-order chi connectivity index (χ0) is 21.1. The average Bonchev–Trinajstić information content (AvgIpc) is 2.92. The van der Waals surface area contributed by atoms with Crippen molar-refractivity contribution >= 4 is 29.2 Å². The third-order valence-corrected chi connectivity index (χ3v) is 4.73. The van der Waals surface area contributed by atoms with Crippen LogP contribution in [0.25, 0.3) is 0 Å². The fraction of sp³-hybridized carbons (Fsp3) is 0.286. The standard InChI is InChI=1S/C21H23N3O5/c1-13-5-8-16(9-6-13)24-14(2)20(26)23(21(24)27)12-19(25)22-15-7-10-17(28-3)18(11-15)29-4/h5-11,14H,12H2,1-4H3,(H,22,25). The van der Waals surface area contributed by atoms with Gasteiger partial charge < -0.3 is 14.8 Å². The number of hydrogen-bond acceptors (Lipinski definition) is 5. The Morgan fingerprint density at radius 1 is 1.03 bits per heavy atom. The van der Waals surface area contributed by atoms with Gasteiger partial charge in [0.2, 0.25) is 5.91 Å². The van der Waals surface area contributed by atoms with Gasteiger partial charge in [0.15, 0.2) is 11.5 Å². The first-order valence-electron chi connectivity index (χ1n) is 9.08. The number of rotatable bonds is 6. The van der Waals surface area contributed by atoms with Gasteiger partial charge in [-0.15, -0.1) is 0 Å². The SMILES string of the molecule is COc1ccc(NC(=O)CN2C(=O)C(C)N(c3ccc(C)cc3)C2=O)cc1OC. The van der Waals surface area contributed by atoms with Gasteiger partial charge in [0, 0.05) is 17.4 Å². The summed E-state index contributed by atoms with van der Waals surface area (Å²) in [5.74, 6) is 0.0747. The molecule has 8 heteroatoms. The second-order valence-corrected chi connectivity index (χ2v) is 6.71. The third-order valence-electron chi connectivity index (χ3n) is 4.73. The molecule has 29 heavy (non-hydrogen) atoms. The van der Waals surface area contributed by atoms with E-state index in [1.807, 2.05) is 19.1 Å². The van der Waals surface area contributed by atoms with Crippen LogP contribution in [0.5, 0.6) is 11.5 Å². The Balaban J connectivity index is 1.72. The Morgan fingerprint density at radius 2 is 1.69 bits per heavy atom. The molecule has 4 amide bonds. The van der Waals surface area contributed by atoms with Gasteiger partial charge in [0.1, 0.15) is 12.6 Å². The number of urea groups is 1. The van der Waals surface area contributed by atoms with E-state index < -0.39 is 23.9 Å². The van der Waals surface area contributed by atoms with E-state index in [-0.39, 0.29) is 6.54 Å². The summed E-state index contributed by atoms with van der Waals surface area (Å²) in [5, 5.41) is 2.67. The number of imide groups is 1. The van der Waals surface area contributed by atoms with Crippen LogP contribution in [0, 0.1) is 6.92 Å². The molecular weight excluding hydrogens is 374 g/mol. The monoisotopic (exact) mass is 397 g/mol. The number of nitrogens with zero attached hydrogens (tertiary/aromatic N) is 2. The maximum Gasteiger partial charge on any atom is 0.332 e. The van der Waals surface area contributed by atoms with Crippen LogP contribution in [-0.2, 0) is 9.59 Å². The van der Waals surface area contributed by atoms with E-state index >= 15 is 0 Å². The molecule has 1 N–H and O–H groups in total. The first kappa shape index (κ1) is 20.2. The molecule has 1 aliphatic heterocycles. The lowest BCUT2D eigenvalue weighted by molar-refractivity contribution is -0.130. The maximum absolute atomic E-state index is 12.8. The highest BCUT2D eigenvalue weighted by atomic mass is 16.5. The summed E-state index contributed by atoms with van der Waals surface area (Å²) in [6.45, 7) is 3.21. The fourth-order valence-corrected chi connectivity index (χ4v) is 3.17. The molecule has 0 spiro atoms. The number of ether oxygens (including phenoxy) is 2. The predicted molar refractivity (Wildman–Crippen MR) is 108 cm³/mol. The molecular formula is C21H23N3O5. The van der Waals surface area contributed by atoms with Crippen LogP contribution in [0.1, 0.15) is 12.5 Å². The summed E-state index contributed by atoms with van der Waals surface area (Å²) in [7, 11) is 3.01. The molecule has 1 saturated heterocycles. The number of benzene rings is 2. The molecule has 1 atom stereocenters. The van der Waals surface area contributed by atoms with Crippen molar-refractivity contribution in [3.8, 4) is 11.5 Å². The second kappa shape index (κ2) is 8.22. The number of hydrogen-bond donors (Lipinski definition) is 1. The van der Waals surface area contributed by atoms with Crippen LogP contribution < -0.4 is 19.7 Å². The molecule has 1 aliphatic rings. The van der Waals surface area contributed by atoms with Crippen molar-refractivity contribution in [2.45, 2.75) is 19.9 Å². The van der Waals surface area contributed by atoms with Crippen LogP contribution in [0.2, 0.25) is 0 Å². The smallest absolute Gasteiger partial charge is 0.332 e. The van der Waals surface area contributed by atoms with E-state index in [2.05, 4.69) is 5.32 Å². The summed E-state index contributed by atoms with van der Waals surface area (Å²) in [5.41, 5.74) is 2.13. The van der Waals surface area contributed by atoms with E-state index in [4.69, 9.17) is 9.47 Å². The van der Waals surface area contributed by atoms with Gasteiger partial charge in [-0.05, 0) is 38.1 Å². The highest BCUT2D eigenvalue weighted by Gasteiger charge is 2.44. The van der Waals surface area contributed by atoms with Gasteiger partial charge in [-0.2, -0.15) is 0 Å². The predicted octanol–water partition coefficient (Wildman–Crippen LogP) is 2.81.